The minimum atomic E-state index is -3.32. The van der Waals surface area contributed by atoms with Crippen LogP contribution in [-0.2, 0) is 10.0 Å². The molecule has 0 saturated carbocycles. The van der Waals surface area contributed by atoms with Gasteiger partial charge in [0.05, 0.1) is 17.5 Å². The molecular weight excluding hydrogens is 364 g/mol. The Bertz CT molecular complexity index is 879. The van der Waals surface area contributed by atoms with Gasteiger partial charge < -0.3 is 10.1 Å². The highest BCUT2D eigenvalue weighted by Gasteiger charge is 2.16. The summed E-state index contributed by atoms with van der Waals surface area (Å²) in [5.41, 5.74) is 2.02. The van der Waals surface area contributed by atoms with Crippen LogP contribution >= 0.6 is 0 Å². The SMILES string of the molecule is CCS(=O)(=O)N(C)c1ccc(C(=O)NC(C)COc2ccccc2C)cc1. The predicted octanol–water partition coefficient (Wildman–Crippen LogP) is 2.98. The minimum absolute atomic E-state index is 0.0180. The molecular formula is C20H26N2O4S. The molecule has 27 heavy (non-hydrogen) atoms. The fourth-order valence-corrected chi connectivity index (χ4v) is 3.29. The Hall–Kier alpha value is -2.54. The van der Waals surface area contributed by atoms with Crippen LogP contribution in [0.15, 0.2) is 48.5 Å². The summed E-state index contributed by atoms with van der Waals surface area (Å²) in [5, 5.41) is 2.88. The fraction of sp³-hybridized carbons (Fsp3) is 0.350. The van der Waals surface area contributed by atoms with E-state index >= 15 is 0 Å². The average molecular weight is 391 g/mol. The molecule has 2 rings (SSSR count). The summed E-state index contributed by atoms with van der Waals surface area (Å²) in [4.78, 5) is 12.4. The maximum absolute atomic E-state index is 12.4. The van der Waals surface area contributed by atoms with Gasteiger partial charge in [-0.25, -0.2) is 8.42 Å². The highest BCUT2D eigenvalue weighted by atomic mass is 32.2. The van der Waals surface area contributed by atoms with E-state index in [-0.39, 0.29) is 17.7 Å². The van der Waals surface area contributed by atoms with E-state index in [1.807, 2.05) is 38.1 Å². The Kier molecular flexibility index (Phi) is 6.85. The number of hydrogen-bond acceptors (Lipinski definition) is 4. The summed E-state index contributed by atoms with van der Waals surface area (Å²) >= 11 is 0. The molecule has 0 aromatic heterocycles. The van der Waals surface area contributed by atoms with Crippen LogP contribution in [-0.4, -0.2) is 39.8 Å². The number of carbonyl (C=O) groups is 1. The van der Waals surface area contributed by atoms with Gasteiger partial charge in [0.1, 0.15) is 12.4 Å². The number of aryl methyl sites for hydroxylation is 1. The lowest BCUT2D eigenvalue weighted by Gasteiger charge is -2.19. The van der Waals surface area contributed by atoms with Crippen molar-refractivity contribution in [1.29, 1.82) is 0 Å². The van der Waals surface area contributed by atoms with Crippen LogP contribution < -0.4 is 14.4 Å². The van der Waals surface area contributed by atoms with Crippen molar-refractivity contribution in [3.8, 4) is 5.75 Å². The molecule has 0 aliphatic carbocycles. The van der Waals surface area contributed by atoms with E-state index in [9.17, 15) is 13.2 Å². The van der Waals surface area contributed by atoms with Crippen LogP contribution in [0, 0.1) is 6.92 Å². The minimum Gasteiger partial charge on any atom is -0.491 e. The highest BCUT2D eigenvalue weighted by molar-refractivity contribution is 7.92. The third-order valence-corrected chi connectivity index (χ3v) is 6.01. The topological polar surface area (TPSA) is 75.7 Å². The van der Waals surface area contributed by atoms with Gasteiger partial charge in [-0.1, -0.05) is 18.2 Å². The average Bonchev–Trinajstić information content (AvgIpc) is 2.66. The van der Waals surface area contributed by atoms with Crippen LogP contribution in [0.4, 0.5) is 5.69 Å². The molecule has 0 fully saturated rings. The number of ether oxygens (including phenoxy) is 1. The molecule has 0 aliphatic heterocycles. The molecule has 0 heterocycles. The normalized spacial score (nSPS) is 12.3. The lowest BCUT2D eigenvalue weighted by atomic mass is 10.2. The van der Waals surface area contributed by atoms with Crippen molar-refractivity contribution in [2.45, 2.75) is 26.8 Å². The summed E-state index contributed by atoms with van der Waals surface area (Å²) in [6, 6.07) is 14.0. The summed E-state index contributed by atoms with van der Waals surface area (Å²) in [7, 11) is -1.83. The fourth-order valence-electron chi connectivity index (χ4n) is 2.46. The van der Waals surface area contributed by atoms with Crippen LogP contribution in [0.2, 0.25) is 0 Å². The second-order valence-corrected chi connectivity index (χ2v) is 8.65. The molecule has 2 aromatic rings. The van der Waals surface area contributed by atoms with E-state index in [1.165, 1.54) is 11.4 Å². The van der Waals surface area contributed by atoms with E-state index in [0.29, 0.717) is 17.9 Å². The number of anilines is 1. The summed E-state index contributed by atoms with van der Waals surface area (Å²) in [5.74, 6) is 0.580. The number of benzene rings is 2. The van der Waals surface area contributed by atoms with E-state index in [1.54, 1.807) is 31.2 Å². The molecule has 0 radical (unpaired) electrons. The first-order valence-corrected chi connectivity index (χ1v) is 10.4. The van der Waals surface area contributed by atoms with Crippen molar-refractivity contribution >= 4 is 21.6 Å². The summed E-state index contributed by atoms with van der Waals surface area (Å²) in [6.45, 7) is 5.78. The van der Waals surface area contributed by atoms with Gasteiger partial charge in [0.2, 0.25) is 10.0 Å². The zero-order valence-electron chi connectivity index (χ0n) is 16.1. The molecule has 6 nitrogen and oxygen atoms in total. The van der Waals surface area contributed by atoms with Crippen molar-refractivity contribution in [2.24, 2.45) is 0 Å². The van der Waals surface area contributed by atoms with Crippen molar-refractivity contribution < 1.29 is 17.9 Å². The third kappa shape index (κ3) is 5.47. The molecule has 2 aromatic carbocycles. The first-order valence-electron chi connectivity index (χ1n) is 8.80. The number of para-hydroxylation sites is 1. The number of hydrogen-bond donors (Lipinski definition) is 1. The summed E-state index contributed by atoms with van der Waals surface area (Å²) < 4.78 is 30.8. The molecule has 146 valence electrons. The van der Waals surface area contributed by atoms with Crippen LogP contribution in [0.1, 0.15) is 29.8 Å². The molecule has 1 N–H and O–H groups in total. The van der Waals surface area contributed by atoms with Gasteiger partial charge >= 0.3 is 0 Å². The Morgan fingerprint density at radius 3 is 2.37 bits per heavy atom. The number of rotatable bonds is 8. The monoisotopic (exact) mass is 390 g/mol. The molecule has 1 amide bonds. The summed E-state index contributed by atoms with van der Waals surface area (Å²) in [6.07, 6.45) is 0. The van der Waals surface area contributed by atoms with Crippen molar-refractivity contribution in [3.63, 3.8) is 0 Å². The van der Waals surface area contributed by atoms with Gasteiger partial charge in [-0.3, -0.25) is 9.10 Å². The quantitative estimate of drug-likeness (QED) is 0.752. The van der Waals surface area contributed by atoms with E-state index < -0.39 is 10.0 Å². The number of carbonyl (C=O) groups excluding carboxylic acids is 1. The van der Waals surface area contributed by atoms with Crippen LogP contribution in [0.3, 0.4) is 0 Å². The maximum Gasteiger partial charge on any atom is 0.251 e. The van der Waals surface area contributed by atoms with Crippen LogP contribution in [0.25, 0.3) is 0 Å². The first-order chi connectivity index (χ1) is 12.7. The van der Waals surface area contributed by atoms with Gasteiger partial charge in [-0.05, 0) is 56.7 Å². The standard InChI is InChI=1S/C20H26N2O4S/c1-5-27(24,25)22(4)18-12-10-17(11-13-18)20(23)21-16(3)14-26-19-9-7-6-8-15(19)2/h6-13,16H,5,14H2,1-4H3,(H,21,23). The first kappa shape index (κ1) is 20.8. The molecule has 0 saturated heterocycles. The molecule has 7 heteroatoms. The Balaban J connectivity index is 1.94. The lowest BCUT2D eigenvalue weighted by molar-refractivity contribution is 0.0926. The molecule has 0 aliphatic rings. The van der Waals surface area contributed by atoms with Crippen molar-refractivity contribution in [2.75, 3.05) is 23.7 Å². The number of sulfonamides is 1. The molecule has 0 bridgehead atoms. The second kappa shape index (κ2) is 8.90. The maximum atomic E-state index is 12.4. The van der Waals surface area contributed by atoms with Gasteiger partial charge in [0.15, 0.2) is 0 Å². The number of nitrogens with one attached hydrogen (secondary N) is 1. The zero-order valence-corrected chi connectivity index (χ0v) is 16.9. The van der Waals surface area contributed by atoms with Gasteiger partial charge in [0.25, 0.3) is 5.91 Å². The molecule has 1 unspecified atom stereocenters. The van der Waals surface area contributed by atoms with E-state index in [0.717, 1.165) is 11.3 Å². The molecule has 1 atom stereocenters. The van der Waals surface area contributed by atoms with Crippen molar-refractivity contribution in [3.05, 3.63) is 59.7 Å². The van der Waals surface area contributed by atoms with Gasteiger partial charge in [0, 0.05) is 12.6 Å². The number of amides is 1. The third-order valence-electron chi connectivity index (χ3n) is 4.24. The zero-order chi connectivity index (χ0) is 20.0. The van der Waals surface area contributed by atoms with Crippen LogP contribution in [0.5, 0.6) is 5.75 Å². The Labute approximate surface area is 161 Å². The predicted molar refractivity (Wildman–Crippen MR) is 108 cm³/mol. The van der Waals surface area contributed by atoms with E-state index in [2.05, 4.69) is 5.32 Å². The number of nitrogens with zero attached hydrogens (tertiary/aromatic N) is 1. The lowest BCUT2D eigenvalue weighted by Crippen LogP contribution is -2.36. The van der Waals surface area contributed by atoms with Gasteiger partial charge in [-0.15, -0.1) is 0 Å². The molecule has 0 spiro atoms. The Morgan fingerprint density at radius 2 is 1.78 bits per heavy atom. The van der Waals surface area contributed by atoms with Gasteiger partial charge in [-0.2, -0.15) is 0 Å². The second-order valence-electron chi connectivity index (χ2n) is 6.37. The highest BCUT2D eigenvalue weighted by Crippen LogP contribution is 2.18. The van der Waals surface area contributed by atoms with E-state index in [4.69, 9.17) is 4.74 Å². The smallest absolute Gasteiger partial charge is 0.251 e. The van der Waals surface area contributed by atoms with Crippen molar-refractivity contribution in [1.82, 2.24) is 5.32 Å². The Morgan fingerprint density at radius 1 is 1.15 bits per heavy atom. The largest absolute Gasteiger partial charge is 0.491 e.